The summed E-state index contributed by atoms with van der Waals surface area (Å²) in [7, 11) is 0. The molecule has 1 aromatic heterocycles. The van der Waals surface area contributed by atoms with Crippen molar-refractivity contribution in [3.63, 3.8) is 0 Å². The fraction of sp³-hybridized carbons (Fsp3) is 0.615. The number of rotatable bonds is 4. The highest BCUT2D eigenvalue weighted by Crippen LogP contribution is 2.20. The molecule has 0 saturated carbocycles. The Labute approximate surface area is 101 Å². The zero-order valence-electron chi connectivity index (χ0n) is 10.3. The van der Waals surface area contributed by atoms with Crippen LogP contribution in [0.2, 0.25) is 0 Å². The molecular formula is C13H19NO3. The molecule has 1 aromatic rings. The summed E-state index contributed by atoms with van der Waals surface area (Å²) in [6.45, 7) is 4.24. The molecule has 2 rings (SSSR count). The number of carbonyl (C=O) groups is 1. The van der Waals surface area contributed by atoms with Gasteiger partial charge in [0.2, 0.25) is 5.76 Å². The van der Waals surface area contributed by atoms with Gasteiger partial charge in [-0.2, -0.15) is 0 Å². The van der Waals surface area contributed by atoms with E-state index < -0.39 is 0 Å². The van der Waals surface area contributed by atoms with Gasteiger partial charge in [-0.25, -0.2) is 4.79 Å². The maximum Gasteiger partial charge on any atom is 0.374 e. The quantitative estimate of drug-likeness (QED) is 0.644. The number of nitrogens with one attached hydrogen (secondary N) is 1. The molecule has 0 aromatic carbocycles. The molecule has 94 valence electrons. The van der Waals surface area contributed by atoms with E-state index in [0.717, 1.165) is 43.6 Å². The Balaban J connectivity index is 1.99. The Hall–Kier alpha value is -1.29. The molecule has 4 nitrogen and oxygen atoms in total. The van der Waals surface area contributed by atoms with Crippen molar-refractivity contribution in [3.05, 3.63) is 23.2 Å². The maximum absolute atomic E-state index is 11.7. The second-order valence-electron chi connectivity index (χ2n) is 4.33. The van der Waals surface area contributed by atoms with Crippen molar-refractivity contribution in [2.45, 2.75) is 39.2 Å². The number of aryl methyl sites for hydroxylation is 1. The highest BCUT2D eigenvalue weighted by Gasteiger charge is 2.18. The molecule has 0 aliphatic carbocycles. The van der Waals surface area contributed by atoms with E-state index >= 15 is 0 Å². The van der Waals surface area contributed by atoms with Crippen LogP contribution in [0, 0.1) is 0 Å². The lowest BCUT2D eigenvalue weighted by Crippen LogP contribution is -2.12. The maximum atomic E-state index is 11.7. The Bertz CT molecular complexity index is 361. The molecule has 0 radical (unpaired) electrons. The third kappa shape index (κ3) is 3.09. The van der Waals surface area contributed by atoms with E-state index in [-0.39, 0.29) is 5.97 Å². The highest BCUT2D eigenvalue weighted by molar-refractivity contribution is 5.86. The molecule has 2 heterocycles. The summed E-state index contributed by atoms with van der Waals surface area (Å²) < 4.78 is 10.7. The third-order valence-corrected chi connectivity index (χ3v) is 2.91. The first-order valence-corrected chi connectivity index (χ1v) is 6.30. The van der Waals surface area contributed by atoms with E-state index in [1.807, 2.05) is 6.07 Å². The van der Waals surface area contributed by atoms with Crippen molar-refractivity contribution in [2.75, 3.05) is 13.2 Å². The van der Waals surface area contributed by atoms with E-state index in [1.165, 1.54) is 0 Å². The average Bonchev–Trinajstić information content (AvgIpc) is 2.61. The molecule has 0 fully saturated rings. The van der Waals surface area contributed by atoms with Crippen molar-refractivity contribution in [3.8, 4) is 0 Å². The fourth-order valence-corrected chi connectivity index (χ4v) is 1.91. The lowest BCUT2D eigenvalue weighted by atomic mass is 10.1. The molecular weight excluding hydrogens is 218 g/mol. The van der Waals surface area contributed by atoms with Gasteiger partial charge in [-0.15, -0.1) is 0 Å². The van der Waals surface area contributed by atoms with E-state index in [1.54, 1.807) is 0 Å². The summed E-state index contributed by atoms with van der Waals surface area (Å²) in [5.41, 5.74) is 1.14. The summed E-state index contributed by atoms with van der Waals surface area (Å²) in [5, 5.41) is 3.26. The molecule has 1 aliphatic heterocycles. The fourth-order valence-electron chi connectivity index (χ4n) is 1.91. The molecule has 0 bridgehead atoms. The van der Waals surface area contributed by atoms with Crippen LogP contribution in [0.4, 0.5) is 0 Å². The van der Waals surface area contributed by atoms with Crippen LogP contribution >= 0.6 is 0 Å². The van der Waals surface area contributed by atoms with Gasteiger partial charge in [0.15, 0.2) is 0 Å². The van der Waals surface area contributed by atoms with Crippen LogP contribution in [0.1, 0.15) is 48.1 Å². The topological polar surface area (TPSA) is 51.5 Å². The number of furan rings is 1. The highest BCUT2D eigenvalue weighted by atomic mass is 16.5. The van der Waals surface area contributed by atoms with Crippen LogP contribution in [-0.2, 0) is 17.7 Å². The van der Waals surface area contributed by atoms with Gasteiger partial charge in [0, 0.05) is 0 Å². The molecule has 0 saturated heterocycles. The van der Waals surface area contributed by atoms with Crippen LogP contribution in [0.25, 0.3) is 0 Å². The van der Waals surface area contributed by atoms with Crippen molar-refractivity contribution >= 4 is 5.97 Å². The number of hydrogen-bond donors (Lipinski definition) is 1. The van der Waals surface area contributed by atoms with Crippen molar-refractivity contribution in [1.82, 2.24) is 5.32 Å². The number of esters is 1. The Kier molecular flexibility index (Phi) is 4.20. The third-order valence-electron chi connectivity index (χ3n) is 2.91. The minimum atomic E-state index is -0.341. The van der Waals surface area contributed by atoms with Crippen LogP contribution in [0.5, 0.6) is 0 Å². The number of ether oxygens (including phenoxy) is 1. The molecule has 4 heteroatoms. The predicted octanol–water partition coefficient (Wildman–Crippen LogP) is 2.27. The molecule has 1 N–H and O–H groups in total. The van der Waals surface area contributed by atoms with E-state index in [0.29, 0.717) is 18.9 Å². The van der Waals surface area contributed by atoms with Gasteiger partial charge < -0.3 is 14.5 Å². The smallest absolute Gasteiger partial charge is 0.374 e. The summed E-state index contributed by atoms with van der Waals surface area (Å²) in [6, 6.07) is 1.83. The average molecular weight is 237 g/mol. The Morgan fingerprint density at radius 3 is 3.29 bits per heavy atom. The predicted molar refractivity (Wildman–Crippen MR) is 63.9 cm³/mol. The van der Waals surface area contributed by atoms with E-state index in [9.17, 15) is 4.79 Å². The summed E-state index contributed by atoms with van der Waals surface area (Å²) in [4.78, 5) is 11.7. The number of fused-ring (bicyclic) bond motifs is 1. The lowest BCUT2D eigenvalue weighted by molar-refractivity contribution is 0.0461. The second-order valence-corrected chi connectivity index (χ2v) is 4.33. The van der Waals surface area contributed by atoms with Gasteiger partial charge in [0.05, 0.1) is 13.2 Å². The summed E-state index contributed by atoms with van der Waals surface area (Å²) >= 11 is 0. The molecule has 1 aliphatic rings. The van der Waals surface area contributed by atoms with Gasteiger partial charge in [-0.1, -0.05) is 13.3 Å². The molecule has 17 heavy (non-hydrogen) atoms. The lowest BCUT2D eigenvalue weighted by Gasteiger charge is -2.01. The van der Waals surface area contributed by atoms with Gasteiger partial charge in [0.1, 0.15) is 5.76 Å². The largest absolute Gasteiger partial charge is 0.460 e. The van der Waals surface area contributed by atoms with Gasteiger partial charge in [-0.3, -0.25) is 0 Å². The first-order valence-electron chi connectivity index (χ1n) is 6.30. The minimum Gasteiger partial charge on any atom is -0.460 e. The van der Waals surface area contributed by atoms with Crippen molar-refractivity contribution in [2.24, 2.45) is 0 Å². The normalized spacial score (nSPS) is 15.1. The van der Waals surface area contributed by atoms with Gasteiger partial charge in [-0.05, 0) is 37.4 Å². The zero-order valence-corrected chi connectivity index (χ0v) is 10.3. The summed E-state index contributed by atoms with van der Waals surface area (Å²) in [5.74, 6) is 0.881. The Morgan fingerprint density at radius 1 is 1.59 bits per heavy atom. The van der Waals surface area contributed by atoms with Gasteiger partial charge >= 0.3 is 5.97 Å². The molecule has 0 atom stereocenters. The van der Waals surface area contributed by atoms with Crippen LogP contribution < -0.4 is 5.32 Å². The minimum absolute atomic E-state index is 0.341. The van der Waals surface area contributed by atoms with Crippen molar-refractivity contribution < 1.29 is 13.9 Å². The molecule has 0 spiro atoms. The van der Waals surface area contributed by atoms with Crippen LogP contribution in [-0.4, -0.2) is 19.1 Å². The summed E-state index contributed by atoms with van der Waals surface area (Å²) in [6.07, 6.45) is 3.96. The van der Waals surface area contributed by atoms with E-state index in [2.05, 4.69) is 12.2 Å². The second kappa shape index (κ2) is 5.87. The van der Waals surface area contributed by atoms with Gasteiger partial charge in [0.25, 0.3) is 0 Å². The van der Waals surface area contributed by atoms with E-state index in [4.69, 9.17) is 9.15 Å². The Morgan fingerprint density at radius 2 is 2.47 bits per heavy atom. The monoisotopic (exact) mass is 237 g/mol. The SMILES string of the molecule is CCCCOC(=O)c1cc2c(o1)CNCCC2. The van der Waals surface area contributed by atoms with Crippen LogP contribution in [0.15, 0.2) is 10.5 Å². The van der Waals surface area contributed by atoms with Crippen LogP contribution in [0.3, 0.4) is 0 Å². The first-order chi connectivity index (χ1) is 8.31. The molecule has 0 amide bonds. The number of hydrogen-bond acceptors (Lipinski definition) is 4. The first kappa shape index (κ1) is 12.2. The number of carbonyl (C=O) groups excluding carboxylic acids is 1. The van der Waals surface area contributed by atoms with Crippen molar-refractivity contribution in [1.29, 1.82) is 0 Å². The molecule has 0 unspecified atom stereocenters. The number of unbranched alkanes of at least 4 members (excludes halogenated alkanes) is 1. The standard InChI is InChI=1S/C13H19NO3/c1-2-3-7-16-13(15)11-8-10-5-4-6-14-9-12(10)17-11/h8,14H,2-7,9H2,1H3. The zero-order chi connectivity index (χ0) is 12.1.